The Labute approximate surface area is 118 Å². The van der Waals surface area contributed by atoms with Crippen molar-refractivity contribution in [3.63, 3.8) is 0 Å². The van der Waals surface area contributed by atoms with E-state index in [0.29, 0.717) is 23.8 Å². The van der Waals surface area contributed by atoms with Gasteiger partial charge in [0.05, 0.1) is 0 Å². The Balaban J connectivity index is 2.47. The molecule has 1 aromatic carbocycles. The lowest BCUT2D eigenvalue weighted by Gasteiger charge is -2.08. The lowest BCUT2D eigenvalue weighted by molar-refractivity contribution is -0.139. The van der Waals surface area contributed by atoms with Gasteiger partial charge in [0, 0.05) is 12.1 Å². The third-order valence-electron chi connectivity index (χ3n) is 2.70. The predicted octanol–water partition coefficient (Wildman–Crippen LogP) is 2.32. The van der Waals surface area contributed by atoms with E-state index < -0.39 is 12.6 Å². The summed E-state index contributed by atoms with van der Waals surface area (Å²) in [4.78, 5) is 22.3. The number of amides is 1. The van der Waals surface area contributed by atoms with Gasteiger partial charge in [-0.2, -0.15) is 0 Å². The van der Waals surface area contributed by atoms with Crippen LogP contribution in [0.15, 0.2) is 24.3 Å². The fourth-order valence-electron chi connectivity index (χ4n) is 1.69. The van der Waals surface area contributed by atoms with Gasteiger partial charge in [-0.1, -0.05) is 19.9 Å². The fraction of sp³-hybridized carbons (Fsp3) is 0.467. The molecule has 0 saturated heterocycles. The van der Waals surface area contributed by atoms with Gasteiger partial charge in [0.15, 0.2) is 6.61 Å². The molecule has 5 nitrogen and oxygen atoms in total. The molecule has 0 spiro atoms. The molecule has 1 aromatic rings. The summed E-state index contributed by atoms with van der Waals surface area (Å²) < 4.78 is 5.04. The van der Waals surface area contributed by atoms with Crippen molar-refractivity contribution in [3.8, 4) is 5.75 Å². The molecule has 0 atom stereocenters. The molecule has 0 bridgehead atoms. The summed E-state index contributed by atoms with van der Waals surface area (Å²) in [6.07, 6.45) is 2.01. The Kier molecular flexibility index (Phi) is 6.56. The zero-order valence-corrected chi connectivity index (χ0v) is 11.9. The topological polar surface area (TPSA) is 75.6 Å². The molecule has 1 amide bonds. The summed E-state index contributed by atoms with van der Waals surface area (Å²) in [5.74, 6) is -0.218. The lowest BCUT2D eigenvalue weighted by Crippen LogP contribution is -2.24. The number of rotatable bonds is 8. The zero-order valence-electron chi connectivity index (χ0n) is 11.9. The van der Waals surface area contributed by atoms with Crippen LogP contribution in [0.2, 0.25) is 0 Å². The van der Waals surface area contributed by atoms with Crippen LogP contribution >= 0.6 is 0 Å². The van der Waals surface area contributed by atoms with Crippen molar-refractivity contribution in [1.82, 2.24) is 5.32 Å². The summed E-state index contributed by atoms with van der Waals surface area (Å²) in [7, 11) is 0. The molecule has 0 fully saturated rings. The maximum atomic E-state index is 11.9. The number of carboxylic acids is 1. The molecule has 0 unspecified atom stereocenters. The second-order valence-electron chi connectivity index (χ2n) is 5.00. The average molecular weight is 279 g/mol. The van der Waals surface area contributed by atoms with Crippen LogP contribution in [-0.2, 0) is 4.79 Å². The van der Waals surface area contributed by atoms with Crippen molar-refractivity contribution in [2.24, 2.45) is 5.92 Å². The fourth-order valence-corrected chi connectivity index (χ4v) is 1.69. The molecule has 5 heteroatoms. The first-order valence-corrected chi connectivity index (χ1v) is 6.72. The minimum atomic E-state index is -1.05. The average Bonchev–Trinajstić information content (AvgIpc) is 2.41. The van der Waals surface area contributed by atoms with E-state index >= 15 is 0 Å². The molecule has 0 aliphatic rings. The SMILES string of the molecule is CC(C)CCCNC(=O)c1cccc(OCC(=O)O)c1. The van der Waals surface area contributed by atoms with Gasteiger partial charge >= 0.3 is 5.97 Å². The van der Waals surface area contributed by atoms with E-state index in [1.807, 2.05) is 0 Å². The number of carbonyl (C=O) groups is 2. The van der Waals surface area contributed by atoms with Crippen molar-refractivity contribution in [1.29, 1.82) is 0 Å². The van der Waals surface area contributed by atoms with Gasteiger partial charge in [-0.05, 0) is 37.0 Å². The lowest BCUT2D eigenvalue weighted by atomic mass is 10.1. The number of hydrogen-bond acceptors (Lipinski definition) is 3. The van der Waals surface area contributed by atoms with E-state index in [0.717, 1.165) is 12.8 Å². The van der Waals surface area contributed by atoms with Crippen LogP contribution in [0.25, 0.3) is 0 Å². The number of hydrogen-bond donors (Lipinski definition) is 2. The van der Waals surface area contributed by atoms with E-state index in [4.69, 9.17) is 9.84 Å². The van der Waals surface area contributed by atoms with Crippen LogP contribution in [0.3, 0.4) is 0 Å². The molecular weight excluding hydrogens is 258 g/mol. The molecule has 0 aliphatic carbocycles. The van der Waals surface area contributed by atoms with E-state index in [-0.39, 0.29) is 5.91 Å². The Morgan fingerprint density at radius 1 is 1.35 bits per heavy atom. The third-order valence-corrected chi connectivity index (χ3v) is 2.70. The van der Waals surface area contributed by atoms with Gasteiger partial charge in [0.1, 0.15) is 5.75 Å². The van der Waals surface area contributed by atoms with Crippen LogP contribution in [0.1, 0.15) is 37.0 Å². The summed E-state index contributed by atoms with van der Waals surface area (Å²) in [6, 6.07) is 6.50. The minimum Gasteiger partial charge on any atom is -0.482 e. The molecule has 0 aromatic heterocycles. The molecule has 0 saturated carbocycles. The first-order chi connectivity index (χ1) is 9.49. The number of benzene rings is 1. The number of ether oxygens (including phenoxy) is 1. The highest BCUT2D eigenvalue weighted by Gasteiger charge is 2.07. The monoisotopic (exact) mass is 279 g/mol. The molecule has 0 aliphatic heterocycles. The van der Waals surface area contributed by atoms with Crippen molar-refractivity contribution in [3.05, 3.63) is 29.8 Å². The van der Waals surface area contributed by atoms with Crippen LogP contribution in [0, 0.1) is 5.92 Å². The normalized spacial score (nSPS) is 10.3. The zero-order chi connectivity index (χ0) is 15.0. The number of carbonyl (C=O) groups excluding carboxylic acids is 1. The molecule has 110 valence electrons. The van der Waals surface area contributed by atoms with E-state index in [1.165, 1.54) is 0 Å². The third kappa shape index (κ3) is 6.22. The van der Waals surface area contributed by atoms with Crippen molar-refractivity contribution < 1.29 is 19.4 Å². The molecule has 0 radical (unpaired) electrons. The summed E-state index contributed by atoms with van der Waals surface area (Å²) in [6.45, 7) is 4.51. The Morgan fingerprint density at radius 2 is 2.10 bits per heavy atom. The van der Waals surface area contributed by atoms with Gasteiger partial charge in [0.25, 0.3) is 5.91 Å². The summed E-state index contributed by atoms with van der Waals surface area (Å²) in [5.41, 5.74) is 0.470. The Morgan fingerprint density at radius 3 is 2.75 bits per heavy atom. The quantitative estimate of drug-likeness (QED) is 0.716. The first-order valence-electron chi connectivity index (χ1n) is 6.72. The van der Waals surface area contributed by atoms with E-state index in [2.05, 4.69) is 19.2 Å². The molecule has 0 heterocycles. The summed E-state index contributed by atoms with van der Waals surface area (Å²) >= 11 is 0. The second-order valence-corrected chi connectivity index (χ2v) is 5.00. The highest BCUT2D eigenvalue weighted by Crippen LogP contribution is 2.13. The predicted molar refractivity (Wildman–Crippen MR) is 76.0 cm³/mol. The van der Waals surface area contributed by atoms with Crippen molar-refractivity contribution in [2.75, 3.05) is 13.2 Å². The van der Waals surface area contributed by atoms with Gasteiger partial charge in [0.2, 0.25) is 0 Å². The standard InChI is InChI=1S/C15H21NO4/c1-11(2)5-4-8-16-15(19)12-6-3-7-13(9-12)20-10-14(17)18/h3,6-7,9,11H,4-5,8,10H2,1-2H3,(H,16,19)(H,17,18). The molecule has 2 N–H and O–H groups in total. The largest absolute Gasteiger partial charge is 0.482 e. The van der Waals surface area contributed by atoms with Crippen LogP contribution in [-0.4, -0.2) is 30.1 Å². The van der Waals surface area contributed by atoms with Crippen LogP contribution in [0.4, 0.5) is 0 Å². The highest BCUT2D eigenvalue weighted by atomic mass is 16.5. The molecule has 20 heavy (non-hydrogen) atoms. The smallest absolute Gasteiger partial charge is 0.341 e. The molecular formula is C15H21NO4. The van der Waals surface area contributed by atoms with Crippen LogP contribution in [0.5, 0.6) is 5.75 Å². The Hall–Kier alpha value is -2.04. The van der Waals surface area contributed by atoms with E-state index in [1.54, 1.807) is 24.3 Å². The van der Waals surface area contributed by atoms with E-state index in [9.17, 15) is 9.59 Å². The van der Waals surface area contributed by atoms with Gasteiger partial charge in [-0.15, -0.1) is 0 Å². The number of aliphatic carboxylic acids is 1. The van der Waals surface area contributed by atoms with Crippen LogP contribution < -0.4 is 10.1 Å². The van der Waals surface area contributed by atoms with Crippen molar-refractivity contribution >= 4 is 11.9 Å². The van der Waals surface area contributed by atoms with Gasteiger partial charge in [-0.3, -0.25) is 4.79 Å². The van der Waals surface area contributed by atoms with Crippen molar-refractivity contribution in [2.45, 2.75) is 26.7 Å². The minimum absolute atomic E-state index is 0.172. The van der Waals surface area contributed by atoms with Gasteiger partial charge < -0.3 is 15.2 Å². The second kappa shape index (κ2) is 8.19. The first kappa shape index (κ1) is 16.0. The maximum Gasteiger partial charge on any atom is 0.341 e. The number of carboxylic acid groups (broad SMARTS) is 1. The highest BCUT2D eigenvalue weighted by molar-refractivity contribution is 5.94. The molecule has 1 rings (SSSR count). The number of nitrogens with one attached hydrogen (secondary N) is 1. The Bertz CT molecular complexity index is 457. The summed E-state index contributed by atoms with van der Waals surface area (Å²) in [5, 5.41) is 11.4. The maximum absolute atomic E-state index is 11.9. The van der Waals surface area contributed by atoms with Gasteiger partial charge in [-0.25, -0.2) is 4.79 Å².